The number of carboxylic acid groups (broad SMARTS) is 1. The number of aromatic nitrogens is 1. The predicted molar refractivity (Wildman–Crippen MR) is 85.8 cm³/mol. The van der Waals surface area contributed by atoms with Crippen molar-refractivity contribution < 1.29 is 9.90 Å². The van der Waals surface area contributed by atoms with Gasteiger partial charge in [0, 0.05) is 24.0 Å². The number of halogens is 1. The molecule has 2 aromatic rings. The van der Waals surface area contributed by atoms with Gasteiger partial charge in [-0.25, -0.2) is 4.98 Å². The van der Waals surface area contributed by atoms with E-state index in [2.05, 4.69) is 9.88 Å². The Bertz CT molecular complexity index is 615. The van der Waals surface area contributed by atoms with Crippen LogP contribution in [0.5, 0.6) is 0 Å². The van der Waals surface area contributed by atoms with Gasteiger partial charge < -0.3 is 5.11 Å². The van der Waals surface area contributed by atoms with Crippen molar-refractivity contribution in [3.8, 4) is 10.6 Å². The fourth-order valence-corrected chi connectivity index (χ4v) is 3.10. The summed E-state index contributed by atoms with van der Waals surface area (Å²) in [5.41, 5.74) is 1.88. The number of carboxylic acids is 1. The summed E-state index contributed by atoms with van der Waals surface area (Å²) in [6, 6.07) is 7.63. The lowest BCUT2D eigenvalue weighted by atomic mass is 10.2. The van der Waals surface area contributed by atoms with Crippen molar-refractivity contribution in [2.75, 3.05) is 13.1 Å². The Balaban J connectivity index is 2.06. The van der Waals surface area contributed by atoms with Crippen molar-refractivity contribution in [3.05, 3.63) is 40.4 Å². The third kappa shape index (κ3) is 4.52. The summed E-state index contributed by atoms with van der Waals surface area (Å²) in [7, 11) is 0. The van der Waals surface area contributed by atoms with Crippen LogP contribution in [0.15, 0.2) is 29.6 Å². The molecule has 1 N–H and O–H groups in total. The topological polar surface area (TPSA) is 53.4 Å². The zero-order chi connectivity index (χ0) is 15.2. The van der Waals surface area contributed by atoms with Crippen LogP contribution in [0.4, 0.5) is 0 Å². The van der Waals surface area contributed by atoms with Crippen LogP contribution in [-0.4, -0.2) is 34.0 Å². The SMILES string of the molecule is CCN(CCC(=O)O)Cc1csc(-c2ccccc2Cl)n1. The van der Waals surface area contributed by atoms with Gasteiger partial charge in [0.05, 0.1) is 17.1 Å². The van der Waals surface area contributed by atoms with Gasteiger partial charge in [-0.2, -0.15) is 0 Å². The quantitative estimate of drug-likeness (QED) is 0.842. The van der Waals surface area contributed by atoms with Crippen LogP contribution in [0.3, 0.4) is 0 Å². The molecule has 0 aliphatic heterocycles. The van der Waals surface area contributed by atoms with E-state index >= 15 is 0 Å². The normalized spacial score (nSPS) is 11.0. The number of hydrogen-bond acceptors (Lipinski definition) is 4. The van der Waals surface area contributed by atoms with Crippen LogP contribution >= 0.6 is 22.9 Å². The van der Waals surface area contributed by atoms with Crippen molar-refractivity contribution in [2.24, 2.45) is 0 Å². The van der Waals surface area contributed by atoms with Crippen LogP contribution in [0, 0.1) is 0 Å². The molecule has 1 heterocycles. The first-order chi connectivity index (χ1) is 10.1. The van der Waals surface area contributed by atoms with Gasteiger partial charge in [0.15, 0.2) is 0 Å². The molecule has 2 rings (SSSR count). The standard InChI is InChI=1S/C15H17ClN2O2S/c1-2-18(8-7-14(19)20)9-11-10-21-15(17-11)12-5-3-4-6-13(12)16/h3-6,10H,2,7-9H2,1H3,(H,19,20). The summed E-state index contributed by atoms with van der Waals surface area (Å²) < 4.78 is 0. The van der Waals surface area contributed by atoms with Gasteiger partial charge >= 0.3 is 5.97 Å². The van der Waals surface area contributed by atoms with Gasteiger partial charge in [-0.3, -0.25) is 9.69 Å². The van der Waals surface area contributed by atoms with E-state index in [9.17, 15) is 4.79 Å². The maximum absolute atomic E-state index is 10.6. The largest absolute Gasteiger partial charge is 0.481 e. The highest BCUT2D eigenvalue weighted by atomic mass is 35.5. The Morgan fingerprint density at radius 3 is 2.86 bits per heavy atom. The Morgan fingerprint density at radius 2 is 2.19 bits per heavy atom. The van der Waals surface area contributed by atoms with E-state index in [-0.39, 0.29) is 6.42 Å². The molecule has 112 valence electrons. The fraction of sp³-hybridized carbons (Fsp3) is 0.333. The number of hydrogen-bond donors (Lipinski definition) is 1. The van der Waals surface area contributed by atoms with E-state index in [1.807, 2.05) is 36.6 Å². The van der Waals surface area contributed by atoms with Crippen LogP contribution in [0.1, 0.15) is 19.0 Å². The lowest BCUT2D eigenvalue weighted by molar-refractivity contribution is -0.137. The van der Waals surface area contributed by atoms with Crippen molar-refractivity contribution in [1.82, 2.24) is 9.88 Å². The first kappa shape index (κ1) is 15.9. The highest BCUT2D eigenvalue weighted by molar-refractivity contribution is 7.13. The zero-order valence-corrected chi connectivity index (χ0v) is 13.3. The van der Waals surface area contributed by atoms with Gasteiger partial charge in [0.1, 0.15) is 5.01 Å². The summed E-state index contributed by atoms with van der Waals surface area (Å²) in [4.78, 5) is 17.3. The highest BCUT2D eigenvalue weighted by Gasteiger charge is 2.11. The zero-order valence-electron chi connectivity index (χ0n) is 11.8. The van der Waals surface area contributed by atoms with E-state index in [0.29, 0.717) is 18.1 Å². The Hall–Kier alpha value is -1.43. The van der Waals surface area contributed by atoms with Gasteiger partial charge in [0.25, 0.3) is 0 Å². The average Bonchev–Trinajstić information content (AvgIpc) is 2.92. The number of carbonyl (C=O) groups is 1. The number of rotatable bonds is 7. The third-order valence-corrected chi connectivity index (χ3v) is 4.38. The van der Waals surface area contributed by atoms with Gasteiger partial charge in [-0.1, -0.05) is 36.7 Å². The van der Waals surface area contributed by atoms with Crippen molar-refractivity contribution in [1.29, 1.82) is 0 Å². The molecule has 0 fully saturated rings. The van der Waals surface area contributed by atoms with Gasteiger partial charge in [0.2, 0.25) is 0 Å². The van der Waals surface area contributed by atoms with Gasteiger partial charge in [-0.15, -0.1) is 11.3 Å². The van der Waals surface area contributed by atoms with Gasteiger partial charge in [-0.05, 0) is 12.6 Å². The summed E-state index contributed by atoms with van der Waals surface area (Å²) in [6.07, 6.45) is 0.148. The van der Waals surface area contributed by atoms with E-state index in [4.69, 9.17) is 16.7 Å². The van der Waals surface area contributed by atoms with E-state index in [1.165, 1.54) is 0 Å². The van der Waals surface area contributed by atoms with Crippen LogP contribution in [-0.2, 0) is 11.3 Å². The molecule has 1 aromatic heterocycles. The Morgan fingerprint density at radius 1 is 1.43 bits per heavy atom. The van der Waals surface area contributed by atoms with Crippen LogP contribution < -0.4 is 0 Å². The molecule has 0 saturated carbocycles. The van der Waals surface area contributed by atoms with E-state index in [0.717, 1.165) is 22.8 Å². The maximum Gasteiger partial charge on any atom is 0.304 e. The smallest absolute Gasteiger partial charge is 0.304 e. The minimum absolute atomic E-state index is 0.148. The highest BCUT2D eigenvalue weighted by Crippen LogP contribution is 2.30. The molecule has 0 radical (unpaired) electrons. The second-order valence-corrected chi connectivity index (χ2v) is 5.90. The molecular weight excluding hydrogens is 308 g/mol. The summed E-state index contributed by atoms with van der Waals surface area (Å²) in [5.74, 6) is -0.775. The molecule has 0 atom stereocenters. The van der Waals surface area contributed by atoms with E-state index < -0.39 is 5.97 Å². The lowest BCUT2D eigenvalue weighted by Crippen LogP contribution is -2.25. The number of benzene rings is 1. The Labute approximate surface area is 133 Å². The molecule has 0 aliphatic carbocycles. The number of nitrogens with zero attached hydrogens (tertiary/aromatic N) is 2. The molecule has 0 amide bonds. The maximum atomic E-state index is 10.6. The average molecular weight is 325 g/mol. The summed E-state index contributed by atoms with van der Waals surface area (Å²) in [6.45, 7) is 4.00. The lowest BCUT2D eigenvalue weighted by Gasteiger charge is -2.17. The van der Waals surface area contributed by atoms with E-state index in [1.54, 1.807) is 11.3 Å². The minimum atomic E-state index is -0.775. The molecule has 1 aromatic carbocycles. The second kappa shape index (κ2) is 7.54. The molecule has 6 heteroatoms. The minimum Gasteiger partial charge on any atom is -0.481 e. The molecule has 0 unspecified atom stereocenters. The first-order valence-corrected chi connectivity index (χ1v) is 7.99. The van der Waals surface area contributed by atoms with Crippen molar-refractivity contribution >= 4 is 28.9 Å². The number of aliphatic carboxylic acids is 1. The summed E-state index contributed by atoms with van der Waals surface area (Å²) >= 11 is 7.73. The molecule has 4 nitrogen and oxygen atoms in total. The molecule has 0 bridgehead atoms. The van der Waals surface area contributed by atoms with Crippen molar-refractivity contribution in [3.63, 3.8) is 0 Å². The fourth-order valence-electron chi connectivity index (χ4n) is 1.97. The molecule has 0 aliphatic rings. The van der Waals surface area contributed by atoms with Crippen molar-refractivity contribution in [2.45, 2.75) is 19.9 Å². The first-order valence-electron chi connectivity index (χ1n) is 6.73. The Kier molecular flexibility index (Phi) is 5.73. The number of thiazole rings is 1. The molecular formula is C15H17ClN2O2S. The molecule has 21 heavy (non-hydrogen) atoms. The summed E-state index contributed by atoms with van der Waals surface area (Å²) in [5, 5.41) is 12.3. The van der Waals surface area contributed by atoms with Crippen LogP contribution in [0.25, 0.3) is 10.6 Å². The monoisotopic (exact) mass is 324 g/mol. The predicted octanol–water partition coefficient (Wildman–Crippen LogP) is 3.76. The molecule has 0 spiro atoms. The third-order valence-electron chi connectivity index (χ3n) is 3.13. The second-order valence-electron chi connectivity index (χ2n) is 4.64. The van der Waals surface area contributed by atoms with Crippen LogP contribution in [0.2, 0.25) is 5.02 Å². The molecule has 0 saturated heterocycles.